The molecular weight excluding hydrogens is 357 g/mol. The molecule has 1 aromatic carbocycles. The molecule has 1 N–H and O–H groups in total. The molecular formula is C19H17ClFN3O2. The molecule has 7 heteroatoms. The van der Waals surface area contributed by atoms with E-state index in [0.29, 0.717) is 41.6 Å². The molecule has 2 aromatic rings. The van der Waals surface area contributed by atoms with E-state index in [1.54, 1.807) is 17.9 Å². The van der Waals surface area contributed by atoms with Crippen molar-refractivity contribution in [3.05, 3.63) is 52.8 Å². The number of ketones is 1. The smallest absolute Gasteiger partial charge is 0.274 e. The second-order valence-electron chi connectivity index (χ2n) is 6.90. The number of amides is 1. The van der Waals surface area contributed by atoms with E-state index in [-0.39, 0.29) is 16.8 Å². The number of fused-ring (bicyclic) bond motifs is 1. The number of carbonyl (C=O) groups is 2. The number of imidazole rings is 1. The lowest BCUT2D eigenvalue weighted by molar-refractivity contribution is -0.117. The number of aromatic nitrogens is 2. The number of nitrogens with one attached hydrogen (secondary N) is 1. The Hall–Kier alpha value is -2.47. The Labute approximate surface area is 154 Å². The number of hydrogen-bond donors (Lipinski definition) is 1. The van der Waals surface area contributed by atoms with Crippen LogP contribution in [-0.2, 0) is 11.8 Å². The molecule has 0 radical (unpaired) electrons. The zero-order valence-corrected chi connectivity index (χ0v) is 14.9. The number of carbonyl (C=O) groups excluding carboxylic acids is 2. The molecule has 1 aromatic heterocycles. The molecule has 4 rings (SSSR count). The molecule has 1 amide bonds. The summed E-state index contributed by atoms with van der Waals surface area (Å²) in [4.78, 5) is 28.8. The zero-order chi connectivity index (χ0) is 18.4. The van der Waals surface area contributed by atoms with E-state index >= 15 is 0 Å². The predicted octanol–water partition coefficient (Wildman–Crippen LogP) is 3.85. The number of anilines is 1. The number of hydrogen-bond acceptors (Lipinski definition) is 3. The third kappa shape index (κ3) is 2.94. The molecule has 26 heavy (non-hydrogen) atoms. The highest BCUT2D eigenvalue weighted by molar-refractivity contribution is 6.31. The SMILES string of the molecule is Cn1cnc(C2=CC3CC(=O)CC3C2)c1C(=O)Nc1ccc(F)c(Cl)c1. The van der Waals surface area contributed by atoms with Crippen molar-refractivity contribution in [3.63, 3.8) is 0 Å². The lowest BCUT2D eigenvalue weighted by Gasteiger charge is -2.10. The quantitative estimate of drug-likeness (QED) is 0.888. The topological polar surface area (TPSA) is 64.0 Å². The summed E-state index contributed by atoms with van der Waals surface area (Å²) in [5, 5.41) is 2.69. The fraction of sp³-hybridized carbons (Fsp3) is 0.316. The van der Waals surface area contributed by atoms with Crippen LogP contribution >= 0.6 is 11.6 Å². The van der Waals surface area contributed by atoms with E-state index in [1.165, 1.54) is 18.2 Å². The maximum atomic E-state index is 13.3. The summed E-state index contributed by atoms with van der Waals surface area (Å²) in [6.45, 7) is 0. The van der Waals surface area contributed by atoms with Crippen molar-refractivity contribution >= 4 is 34.6 Å². The molecule has 1 heterocycles. The molecule has 0 aliphatic heterocycles. The monoisotopic (exact) mass is 373 g/mol. The van der Waals surface area contributed by atoms with Crippen molar-refractivity contribution in [2.24, 2.45) is 18.9 Å². The molecule has 2 unspecified atom stereocenters. The summed E-state index contributed by atoms with van der Waals surface area (Å²) in [6, 6.07) is 4.04. The molecule has 134 valence electrons. The van der Waals surface area contributed by atoms with Gasteiger partial charge < -0.3 is 9.88 Å². The number of allylic oxidation sites excluding steroid dienone is 2. The Morgan fingerprint density at radius 2 is 2.15 bits per heavy atom. The van der Waals surface area contributed by atoms with E-state index in [9.17, 15) is 14.0 Å². The van der Waals surface area contributed by atoms with Crippen molar-refractivity contribution < 1.29 is 14.0 Å². The van der Waals surface area contributed by atoms with Gasteiger partial charge in [-0.15, -0.1) is 0 Å². The van der Waals surface area contributed by atoms with Gasteiger partial charge in [0.25, 0.3) is 5.91 Å². The summed E-state index contributed by atoms with van der Waals surface area (Å²) in [5.41, 5.74) is 2.50. The van der Waals surface area contributed by atoms with Crippen molar-refractivity contribution in [1.82, 2.24) is 9.55 Å². The van der Waals surface area contributed by atoms with Crippen LogP contribution in [0.4, 0.5) is 10.1 Å². The first-order chi connectivity index (χ1) is 12.4. The van der Waals surface area contributed by atoms with Gasteiger partial charge in [-0.2, -0.15) is 0 Å². The maximum absolute atomic E-state index is 13.3. The Morgan fingerprint density at radius 3 is 2.88 bits per heavy atom. The second kappa shape index (κ2) is 6.36. The molecule has 0 saturated heterocycles. The van der Waals surface area contributed by atoms with Crippen LogP contribution in [0.5, 0.6) is 0 Å². The molecule has 2 aliphatic rings. The molecule has 2 atom stereocenters. The molecule has 1 fully saturated rings. The first-order valence-electron chi connectivity index (χ1n) is 8.43. The van der Waals surface area contributed by atoms with E-state index in [4.69, 9.17) is 11.6 Å². The minimum atomic E-state index is -0.539. The van der Waals surface area contributed by atoms with Crippen LogP contribution < -0.4 is 5.32 Å². The summed E-state index contributed by atoms with van der Waals surface area (Å²) in [5.74, 6) is 0.0138. The van der Waals surface area contributed by atoms with Gasteiger partial charge >= 0.3 is 0 Å². The highest BCUT2D eigenvalue weighted by Gasteiger charge is 2.38. The minimum absolute atomic E-state index is 0.0518. The van der Waals surface area contributed by atoms with Gasteiger partial charge in [0.15, 0.2) is 0 Å². The molecule has 5 nitrogen and oxygen atoms in total. The van der Waals surface area contributed by atoms with Crippen LogP contribution in [-0.4, -0.2) is 21.2 Å². The Morgan fingerprint density at radius 1 is 1.35 bits per heavy atom. The molecule has 0 bridgehead atoms. The minimum Gasteiger partial charge on any atom is -0.329 e. The summed E-state index contributed by atoms with van der Waals surface area (Å²) in [7, 11) is 1.75. The Kier molecular flexibility index (Phi) is 4.15. The van der Waals surface area contributed by atoms with Gasteiger partial charge in [0.1, 0.15) is 17.3 Å². The summed E-state index contributed by atoms with van der Waals surface area (Å²) >= 11 is 5.77. The standard InChI is InChI=1S/C19H17ClFN3O2/c1-24-9-22-17(12-4-10-6-14(25)7-11(10)5-12)18(24)19(26)23-13-2-3-16(21)15(20)8-13/h2-4,8-11H,5-7H2,1H3,(H,23,26). The Balaban J connectivity index is 1.60. The third-order valence-corrected chi connectivity index (χ3v) is 5.38. The maximum Gasteiger partial charge on any atom is 0.274 e. The molecule has 2 aliphatic carbocycles. The summed E-state index contributed by atoms with van der Waals surface area (Å²) < 4.78 is 15.0. The highest BCUT2D eigenvalue weighted by atomic mass is 35.5. The predicted molar refractivity (Wildman–Crippen MR) is 96.4 cm³/mol. The summed E-state index contributed by atoms with van der Waals surface area (Å²) in [6.07, 6.45) is 5.63. The van der Waals surface area contributed by atoms with Gasteiger partial charge in [0.05, 0.1) is 17.0 Å². The van der Waals surface area contributed by atoms with Gasteiger partial charge in [-0.25, -0.2) is 9.37 Å². The van der Waals surface area contributed by atoms with Crippen LogP contribution in [0.2, 0.25) is 5.02 Å². The molecule has 1 saturated carbocycles. The van der Waals surface area contributed by atoms with Crippen LogP contribution in [0.15, 0.2) is 30.6 Å². The number of Topliss-reactive ketones (excluding diaryl/α,β-unsaturated/α-hetero) is 1. The normalized spacial score (nSPS) is 21.7. The second-order valence-corrected chi connectivity index (χ2v) is 7.31. The van der Waals surface area contributed by atoms with Crippen LogP contribution in [0.3, 0.4) is 0 Å². The van der Waals surface area contributed by atoms with E-state index < -0.39 is 5.82 Å². The highest BCUT2D eigenvalue weighted by Crippen LogP contribution is 2.44. The lowest BCUT2D eigenvalue weighted by Crippen LogP contribution is -2.17. The van der Waals surface area contributed by atoms with Crippen LogP contribution in [0, 0.1) is 17.7 Å². The first kappa shape index (κ1) is 17.0. The van der Waals surface area contributed by atoms with Gasteiger partial charge in [-0.05, 0) is 42.0 Å². The van der Waals surface area contributed by atoms with Crippen molar-refractivity contribution in [2.75, 3.05) is 5.32 Å². The fourth-order valence-electron chi connectivity index (χ4n) is 3.86. The van der Waals surface area contributed by atoms with Crippen LogP contribution in [0.1, 0.15) is 35.4 Å². The zero-order valence-electron chi connectivity index (χ0n) is 14.1. The van der Waals surface area contributed by atoms with Crippen molar-refractivity contribution in [1.29, 1.82) is 0 Å². The Bertz CT molecular complexity index is 950. The van der Waals surface area contributed by atoms with Gasteiger partial charge in [-0.3, -0.25) is 9.59 Å². The number of aryl methyl sites for hydroxylation is 1. The van der Waals surface area contributed by atoms with E-state index in [0.717, 1.165) is 12.0 Å². The average Bonchev–Trinajstić information content (AvgIpc) is 3.23. The third-order valence-electron chi connectivity index (χ3n) is 5.09. The van der Waals surface area contributed by atoms with Gasteiger partial charge in [-0.1, -0.05) is 17.7 Å². The number of benzene rings is 1. The van der Waals surface area contributed by atoms with E-state index in [1.807, 2.05) is 0 Å². The fourth-order valence-corrected chi connectivity index (χ4v) is 4.04. The van der Waals surface area contributed by atoms with Crippen LogP contribution in [0.25, 0.3) is 5.57 Å². The average molecular weight is 374 g/mol. The van der Waals surface area contributed by atoms with Crippen molar-refractivity contribution in [2.45, 2.75) is 19.3 Å². The number of halogens is 2. The molecule has 0 spiro atoms. The van der Waals surface area contributed by atoms with Crippen molar-refractivity contribution in [3.8, 4) is 0 Å². The number of nitrogens with zero attached hydrogens (tertiary/aromatic N) is 2. The van der Waals surface area contributed by atoms with Gasteiger partial charge in [0, 0.05) is 25.6 Å². The number of rotatable bonds is 3. The van der Waals surface area contributed by atoms with Gasteiger partial charge in [0.2, 0.25) is 0 Å². The first-order valence-corrected chi connectivity index (χ1v) is 8.80. The lowest BCUT2D eigenvalue weighted by atomic mass is 9.99. The largest absolute Gasteiger partial charge is 0.329 e. The van der Waals surface area contributed by atoms with E-state index in [2.05, 4.69) is 16.4 Å².